The van der Waals surface area contributed by atoms with E-state index in [1.54, 1.807) is 18.2 Å². The van der Waals surface area contributed by atoms with Gasteiger partial charge in [0.05, 0.1) is 17.0 Å². The van der Waals surface area contributed by atoms with Gasteiger partial charge in [0.2, 0.25) is 0 Å². The Morgan fingerprint density at radius 2 is 1.68 bits per heavy atom. The lowest BCUT2D eigenvalue weighted by atomic mass is 9.91. The van der Waals surface area contributed by atoms with Crippen LogP contribution >= 0.6 is 0 Å². The Morgan fingerprint density at radius 3 is 2.39 bits per heavy atom. The van der Waals surface area contributed by atoms with E-state index in [9.17, 15) is 14.7 Å². The number of allylic oxidation sites excluding steroid dienone is 4. The molecule has 1 amide bonds. The summed E-state index contributed by atoms with van der Waals surface area (Å²) < 4.78 is 0. The number of ketones is 1. The second-order valence-corrected chi connectivity index (χ2v) is 8.61. The number of rotatable bonds is 7. The van der Waals surface area contributed by atoms with Gasteiger partial charge in [0.15, 0.2) is 5.78 Å². The lowest BCUT2D eigenvalue weighted by molar-refractivity contribution is -0.116. The number of H-pyrrole nitrogens is 1. The number of carbonyl (C=O) groups excluding carboxylic acids is 2. The van der Waals surface area contributed by atoms with Gasteiger partial charge in [-0.15, -0.1) is 0 Å². The molecule has 2 heterocycles. The van der Waals surface area contributed by atoms with Crippen LogP contribution in [0.5, 0.6) is 5.75 Å². The fraction of sp³-hybridized carbons (Fsp3) is 0.333. The lowest BCUT2D eigenvalue weighted by Gasteiger charge is -2.15. The predicted molar refractivity (Wildman–Crippen MR) is 122 cm³/mol. The van der Waals surface area contributed by atoms with Gasteiger partial charge in [-0.25, -0.2) is 0 Å². The highest BCUT2D eigenvalue weighted by Gasteiger charge is 2.33. The van der Waals surface area contributed by atoms with E-state index in [1.165, 1.54) is 0 Å². The summed E-state index contributed by atoms with van der Waals surface area (Å²) >= 11 is 0. The van der Waals surface area contributed by atoms with Crippen LogP contribution in [0.15, 0.2) is 47.2 Å². The third-order valence-electron chi connectivity index (χ3n) is 5.74. The van der Waals surface area contributed by atoms with Crippen molar-refractivity contribution in [3.8, 4) is 5.75 Å². The molecule has 3 N–H and O–H groups in total. The van der Waals surface area contributed by atoms with E-state index in [2.05, 4.69) is 15.2 Å². The first-order valence-corrected chi connectivity index (χ1v) is 10.4. The molecular weight excluding hydrogens is 392 g/mol. The van der Waals surface area contributed by atoms with Crippen LogP contribution in [-0.4, -0.2) is 72.9 Å². The van der Waals surface area contributed by atoms with E-state index in [4.69, 9.17) is 0 Å². The van der Waals surface area contributed by atoms with E-state index < -0.39 is 0 Å². The highest BCUT2D eigenvalue weighted by molar-refractivity contribution is 6.22. The Morgan fingerprint density at radius 1 is 0.968 bits per heavy atom. The van der Waals surface area contributed by atoms with Crippen molar-refractivity contribution in [2.45, 2.75) is 12.8 Å². The van der Waals surface area contributed by atoms with Gasteiger partial charge in [0, 0.05) is 35.1 Å². The number of amides is 1. The molecule has 0 spiro atoms. The number of phenolic OH excluding ortho intramolecular Hbond substituents is 1. The molecule has 162 valence electrons. The quantitative estimate of drug-likeness (QED) is 0.639. The number of aromatic hydroxyl groups is 1. The van der Waals surface area contributed by atoms with E-state index in [1.807, 2.05) is 45.2 Å². The molecule has 0 unspecified atom stereocenters. The lowest BCUT2D eigenvalue weighted by Crippen LogP contribution is -2.20. The molecule has 0 atom stereocenters. The van der Waals surface area contributed by atoms with Gasteiger partial charge in [0.1, 0.15) is 5.75 Å². The van der Waals surface area contributed by atoms with Gasteiger partial charge in [-0.1, -0.05) is 6.07 Å². The van der Waals surface area contributed by atoms with Crippen LogP contribution in [0.4, 0.5) is 0 Å². The molecule has 4 rings (SSSR count). The minimum Gasteiger partial charge on any atom is -0.507 e. The molecule has 0 radical (unpaired) electrons. The average molecular weight is 421 g/mol. The third-order valence-corrected chi connectivity index (χ3v) is 5.74. The maximum atomic E-state index is 13.1. The van der Waals surface area contributed by atoms with Crippen LogP contribution < -0.4 is 5.32 Å². The summed E-state index contributed by atoms with van der Waals surface area (Å²) in [5.74, 6) is -0.154. The number of fused-ring (bicyclic) bond motifs is 2. The number of hydrogen-bond donors (Lipinski definition) is 3. The second kappa shape index (κ2) is 8.17. The number of hydrogen-bond acceptors (Lipinski definition) is 5. The van der Waals surface area contributed by atoms with Crippen LogP contribution in [0.2, 0.25) is 0 Å². The number of nitrogens with zero attached hydrogens (tertiary/aromatic N) is 2. The van der Waals surface area contributed by atoms with Crippen molar-refractivity contribution in [2.24, 2.45) is 0 Å². The number of benzene rings is 1. The van der Waals surface area contributed by atoms with Crippen molar-refractivity contribution in [1.82, 2.24) is 20.1 Å². The van der Waals surface area contributed by atoms with Crippen LogP contribution in [-0.2, 0) is 16.0 Å². The molecule has 1 aromatic carbocycles. The summed E-state index contributed by atoms with van der Waals surface area (Å²) in [6, 6.07) is 5.38. The molecule has 2 aromatic rings. The number of aromatic amines is 1. The molecule has 0 saturated carbocycles. The van der Waals surface area contributed by atoms with Crippen molar-refractivity contribution in [3.05, 3.63) is 58.5 Å². The predicted octanol–water partition coefficient (Wildman–Crippen LogP) is 2.21. The number of carbonyl (C=O) groups is 2. The topological polar surface area (TPSA) is 88.7 Å². The minimum absolute atomic E-state index is 0.166. The Kier molecular flexibility index (Phi) is 5.56. The maximum absolute atomic E-state index is 13.1. The van der Waals surface area contributed by atoms with Crippen LogP contribution in [0, 0.1) is 0 Å². The highest BCUT2D eigenvalue weighted by Crippen LogP contribution is 2.38. The van der Waals surface area contributed by atoms with Gasteiger partial charge >= 0.3 is 0 Å². The van der Waals surface area contributed by atoms with E-state index in [-0.39, 0.29) is 17.4 Å². The van der Waals surface area contributed by atoms with Gasteiger partial charge in [-0.05, 0) is 70.9 Å². The van der Waals surface area contributed by atoms with Crippen molar-refractivity contribution in [1.29, 1.82) is 0 Å². The van der Waals surface area contributed by atoms with E-state index in [0.29, 0.717) is 41.8 Å². The summed E-state index contributed by atoms with van der Waals surface area (Å²) in [6.45, 7) is 1.49. The fourth-order valence-electron chi connectivity index (χ4n) is 4.18. The smallest absolute Gasteiger partial charge is 0.252 e. The second-order valence-electron chi connectivity index (χ2n) is 8.61. The first-order valence-electron chi connectivity index (χ1n) is 10.4. The van der Waals surface area contributed by atoms with Crippen LogP contribution in [0.3, 0.4) is 0 Å². The van der Waals surface area contributed by atoms with Crippen LogP contribution in [0.1, 0.15) is 17.7 Å². The third kappa shape index (κ3) is 3.94. The largest absolute Gasteiger partial charge is 0.507 e. The Bertz CT molecular complexity index is 1160. The zero-order valence-electron chi connectivity index (χ0n) is 18.4. The van der Waals surface area contributed by atoms with Gasteiger partial charge in [0.25, 0.3) is 5.91 Å². The standard InChI is InChI=1S/C24H28N4O3/c1-27(2)10-8-15-21-17(6-5-7-19(21)29)25-23(15)14-12-18-22(20(30)13-14)16(24(31)26-18)9-11-28(3)4/h5-7,12-13,25,29H,8-11H2,1-4H3,(H,26,31). The number of nitrogens with one attached hydrogen (secondary N) is 2. The van der Waals surface area contributed by atoms with Crippen molar-refractivity contribution < 1.29 is 14.7 Å². The molecule has 1 aromatic heterocycles. The molecule has 0 fully saturated rings. The average Bonchev–Trinajstić information content (AvgIpc) is 3.22. The Balaban J connectivity index is 1.78. The normalized spacial score (nSPS) is 16.3. The molecule has 31 heavy (non-hydrogen) atoms. The highest BCUT2D eigenvalue weighted by atomic mass is 16.3. The molecule has 0 saturated heterocycles. The number of aromatic nitrogens is 1. The Hall–Kier alpha value is -3.16. The van der Waals surface area contributed by atoms with Crippen molar-refractivity contribution >= 4 is 28.2 Å². The maximum Gasteiger partial charge on any atom is 0.252 e. The summed E-state index contributed by atoms with van der Waals surface area (Å²) in [5.41, 5.74) is 4.87. The zero-order valence-corrected chi connectivity index (χ0v) is 18.4. The van der Waals surface area contributed by atoms with Gasteiger partial charge in [-0.2, -0.15) is 0 Å². The SMILES string of the molecule is CN(C)CCC1=C2C(=O)C=C(c3[nH]c4cccc(O)c4c3CCN(C)C)C=C2NC1=O. The van der Waals surface area contributed by atoms with Gasteiger partial charge in [-0.3, -0.25) is 9.59 Å². The molecule has 1 aliphatic heterocycles. The number of likely N-dealkylation sites (N-methyl/N-ethyl adjacent to an activating group) is 1. The first kappa shape index (κ1) is 21.1. The molecule has 7 nitrogen and oxygen atoms in total. The van der Waals surface area contributed by atoms with Gasteiger partial charge < -0.3 is 25.2 Å². The van der Waals surface area contributed by atoms with Crippen LogP contribution in [0.25, 0.3) is 16.5 Å². The van der Waals surface area contributed by atoms with Crippen molar-refractivity contribution in [3.63, 3.8) is 0 Å². The monoisotopic (exact) mass is 420 g/mol. The molecule has 0 bridgehead atoms. The summed E-state index contributed by atoms with van der Waals surface area (Å²) in [5, 5.41) is 14.1. The minimum atomic E-state index is -0.201. The number of phenols is 1. The summed E-state index contributed by atoms with van der Waals surface area (Å²) in [4.78, 5) is 33.0. The summed E-state index contributed by atoms with van der Waals surface area (Å²) in [7, 11) is 7.88. The molecule has 2 aliphatic rings. The molecular formula is C24H28N4O3. The van der Waals surface area contributed by atoms with Crippen molar-refractivity contribution in [2.75, 3.05) is 41.3 Å². The fourth-order valence-corrected chi connectivity index (χ4v) is 4.18. The summed E-state index contributed by atoms with van der Waals surface area (Å²) in [6.07, 6.45) is 4.68. The molecule has 7 heteroatoms. The zero-order chi connectivity index (χ0) is 22.3. The van der Waals surface area contributed by atoms with E-state index >= 15 is 0 Å². The molecule has 1 aliphatic carbocycles. The first-order chi connectivity index (χ1) is 14.8. The van der Waals surface area contributed by atoms with E-state index in [0.717, 1.165) is 28.7 Å². The Labute approximate surface area is 181 Å².